The Morgan fingerprint density at radius 2 is 1.94 bits per heavy atom. The van der Waals surface area contributed by atoms with Gasteiger partial charge in [0.2, 0.25) is 0 Å². The number of nitrogens with two attached hydrogens (primary N) is 1. The highest BCUT2D eigenvalue weighted by Gasteiger charge is 2.43. The Bertz CT molecular complexity index is 679. The first-order chi connectivity index (χ1) is 14.7. The summed E-state index contributed by atoms with van der Waals surface area (Å²) in [5.74, 6) is 0.684. The van der Waals surface area contributed by atoms with E-state index in [0.29, 0.717) is 23.5 Å². The molecule has 1 saturated carbocycles. The molecule has 5 nitrogen and oxygen atoms in total. The van der Waals surface area contributed by atoms with Crippen LogP contribution in [0.15, 0.2) is 35.5 Å². The van der Waals surface area contributed by atoms with Crippen LogP contribution in [-0.2, 0) is 0 Å². The Morgan fingerprint density at radius 1 is 1.19 bits per heavy atom. The topological polar surface area (TPSA) is 56.6 Å². The van der Waals surface area contributed by atoms with Crippen molar-refractivity contribution in [2.24, 2.45) is 17.1 Å². The highest BCUT2D eigenvalue weighted by molar-refractivity contribution is 5.11. The van der Waals surface area contributed by atoms with Crippen LogP contribution in [0.4, 0.5) is 0 Å². The molecule has 4 atom stereocenters. The summed E-state index contributed by atoms with van der Waals surface area (Å²) in [6.07, 6.45) is 13.9. The highest BCUT2D eigenvalue weighted by atomic mass is 15.5. The lowest BCUT2D eigenvalue weighted by Gasteiger charge is -2.40. The lowest BCUT2D eigenvalue weighted by molar-refractivity contribution is 0.158. The molecule has 176 valence electrons. The van der Waals surface area contributed by atoms with E-state index in [9.17, 15) is 0 Å². The molecule has 1 aliphatic carbocycles. The second kappa shape index (κ2) is 10.8. The summed E-state index contributed by atoms with van der Waals surface area (Å²) in [5, 5.41) is 6.87. The highest BCUT2D eigenvalue weighted by Crippen LogP contribution is 2.45. The molecular weight excluding hydrogens is 382 g/mol. The monoisotopic (exact) mass is 429 g/mol. The fourth-order valence-electron chi connectivity index (χ4n) is 5.87. The van der Waals surface area contributed by atoms with E-state index in [2.05, 4.69) is 73.9 Å². The number of hydrogen-bond donors (Lipinski definition) is 3. The summed E-state index contributed by atoms with van der Waals surface area (Å²) in [5.41, 5.74) is 11.3. The molecule has 0 spiro atoms. The number of nitrogens with one attached hydrogen (secondary N) is 2. The molecule has 31 heavy (non-hydrogen) atoms. The number of hydrogen-bond acceptors (Lipinski definition) is 5. The van der Waals surface area contributed by atoms with Crippen molar-refractivity contribution >= 4 is 0 Å². The van der Waals surface area contributed by atoms with E-state index in [0.717, 1.165) is 32.7 Å². The fraction of sp³-hybridized carbons (Fsp3) is 0.769. The van der Waals surface area contributed by atoms with Crippen LogP contribution in [0.2, 0.25) is 0 Å². The molecule has 0 bridgehead atoms. The minimum Gasteiger partial charge on any atom is -0.314 e. The predicted molar refractivity (Wildman–Crippen MR) is 132 cm³/mol. The van der Waals surface area contributed by atoms with Crippen LogP contribution in [0.5, 0.6) is 0 Å². The summed E-state index contributed by atoms with van der Waals surface area (Å²) in [7, 11) is 2.18. The first-order valence-corrected chi connectivity index (χ1v) is 12.3. The van der Waals surface area contributed by atoms with E-state index >= 15 is 0 Å². The van der Waals surface area contributed by atoms with Gasteiger partial charge in [0.05, 0.1) is 25.0 Å². The molecule has 4 N–H and O–H groups in total. The predicted octanol–water partition coefficient (Wildman–Crippen LogP) is 4.16. The van der Waals surface area contributed by atoms with Gasteiger partial charge in [-0.2, -0.15) is 0 Å². The Hall–Kier alpha value is -0.980. The van der Waals surface area contributed by atoms with Crippen molar-refractivity contribution in [3.63, 3.8) is 0 Å². The second-order valence-electron chi connectivity index (χ2n) is 10.9. The van der Waals surface area contributed by atoms with Crippen LogP contribution < -0.4 is 16.4 Å². The molecule has 5 heteroatoms. The molecule has 2 saturated heterocycles. The third-order valence-electron chi connectivity index (χ3n) is 7.93. The molecule has 0 aromatic carbocycles. The standard InChI is InChI=1S/C26H47N5/c1-19(12-13-22-21(3)11-8-15-26(22,4)5)9-7-10-20(2)14-16-31-18-30(6)25-23(31)24(27)28-17-29-25/h9,14,22-25,28-29H,3,7-8,10-13,15-18,27H2,1-2,4-6H3. The maximum absolute atomic E-state index is 6.35. The molecule has 2 aliphatic heterocycles. The minimum absolute atomic E-state index is 0.0284. The summed E-state index contributed by atoms with van der Waals surface area (Å²) < 4.78 is 0. The van der Waals surface area contributed by atoms with Gasteiger partial charge in [-0.1, -0.05) is 49.3 Å². The lowest BCUT2D eigenvalue weighted by Crippen LogP contribution is -2.67. The molecule has 3 rings (SSSR count). The van der Waals surface area contributed by atoms with E-state index in [1.807, 2.05) is 0 Å². The number of nitrogens with zero attached hydrogens (tertiary/aromatic N) is 2. The first-order valence-electron chi connectivity index (χ1n) is 12.3. The maximum Gasteiger partial charge on any atom is 0.0804 e. The maximum atomic E-state index is 6.35. The van der Waals surface area contributed by atoms with Gasteiger partial charge in [-0.05, 0) is 77.2 Å². The SMILES string of the molecule is C=C1CCCC(C)(C)C1CCC(C)=CCCC(C)=CCN1CN(C)C2NCNC(N)C21. The van der Waals surface area contributed by atoms with Crippen molar-refractivity contribution in [3.05, 3.63) is 35.5 Å². The third kappa shape index (κ3) is 6.29. The van der Waals surface area contributed by atoms with Gasteiger partial charge < -0.3 is 5.73 Å². The second-order valence-corrected chi connectivity index (χ2v) is 10.9. The Labute approximate surface area is 191 Å². The molecule has 0 radical (unpaired) electrons. The van der Waals surface area contributed by atoms with Gasteiger partial charge in [-0.3, -0.25) is 20.4 Å². The van der Waals surface area contributed by atoms with Crippen LogP contribution in [0.25, 0.3) is 0 Å². The molecular formula is C26H47N5. The zero-order chi connectivity index (χ0) is 22.6. The third-order valence-corrected chi connectivity index (χ3v) is 7.93. The first kappa shape index (κ1) is 24.7. The fourth-order valence-corrected chi connectivity index (χ4v) is 5.87. The van der Waals surface area contributed by atoms with Crippen molar-refractivity contribution in [1.29, 1.82) is 0 Å². The molecule has 3 fully saturated rings. The van der Waals surface area contributed by atoms with Crippen LogP contribution in [-0.4, -0.2) is 55.1 Å². The minimum atomic E-state index is 0.0284. The van der Waals surface area contributed by atoms with E-state index in [4.69, 9.17) is 5.73 Å². The Balaban J connectivity index is 1.42. The van der Waals surface area contributed by atoms with Crippen molar-refractivity contribution in [3.8, 4) is 0 Å². The summed E-state index contributed by atoms with van der Waals surface area (Å²) in [6, 6.07) is 0.323. The Kier molecular flexibility index (Phi) is 8.56. The van der Waals surface area contributed by atoms with Gasteiger partial charge >= 0.3 is 0 Å². The average Bonchev–Trinajstić information content (AvgIpc) is 3.02. The summed E-state index contributed by atoms with van der Waals surface area (Å²) in [6.45, 7) is 16.6. The summed E-state index contributed by atoms with van der Waals surface area (Å²) >= 11 is 0. The van der Waals surface area contributed by atoms with Gasteiger partial charge in [0, 0.05) is 13.2 Å². The van der Waals surface area contributed by atoms with Gasteiger partial charge in [0.25, 0.3) is 0 Å². The molecule has 0 aromatic rings. The quantitative estimate of drug-likeness (QED) is 0.506. The zero-order valence-electron chi connectivity index (χ0n) is 20.7. The molecule has 4 unspecified atom stereocenters. The smallest absolute Gasteiger partial charge is 0.0804 e. The molecule has 2 heterocycles. The van der Waals surface area contributed by atoms with Gasteiger partial charge in [0.1, 0.15) is 0 Å². The van der Waals surface area contributed by atoms with Gasteiger partial charge in [-0.25, -0.2) is 0 Å². The molecule has 0 aromatic heterocycles. The van der Waals surface area contributed by atoms with Crippen LogP contribution in [0, 0.1) is 11.3 Å². The molecule has 3 aliphatic rings. The van der Waals surface area contributed by atoms with Crippen LogP contribution in [0.1, 0.15) is 72.6 Å². The van der Waals surface area contributed by atoms with Crippen molar-refractivity contribution < 1.29 is 0 Å². The van der Waals surface area contributed by atoms with E-state index in [-0.39, 0.29) is 6.17 Å². The van der Waals surface area contributed by atoms with E-state index < -0.39 is 0 Å². The number of fused-ring (bicyclic) bond motifs is 1. The zero-order valence-corrected chi connectivity index (χ0v) is 20.7. The molecule has 0 amide bonds. The number of allylic oxidation sites excluding steroid dienone is 4. The van der Waals surface area contributed by atoms with Crippen molar-refractivity contribution in [2.75, 3.05) is 26.9 Å². The largest absolute Gasteiger partial charge is 0.314 e. The van der Waals surface area contributed by atoms with E-state index in [1.165, 1.54) is 48.8 Å². The number of likely N-dealkylation sites (N-methyl/N-ethyl adjacent to an activating group) is 1. The van der Waals surface area contributed by atoms with Crippen LogP contribution in [0.3, 0.4) is 0 Å². The van der Waals surface area contributed by atoms with E-state index in [1.54, 1.807) is 0 Å². The average molecular weight is 430 g/mol. The van der Waals surface area contributed by atoms with Crippen LogP contribution >= 0.6 is 0 Å². The normalized spacial score (nSPS) is 33.0. The Morgan fingerprint density at radius 3 is 2.68 bits per heavy atom. The van der Waals surface area contributed by atoms with Gasteiger partial charge in [-0.15, -0.1) is 0 Å². The van der Waals surface area contributed by atoms with Crippen molar-refractivity contribution in [2.45, 2.75) is 91.0 Å². The lowest BCUT2D eigenvalue weighted by atomic mass is 9.65. The van der Waals surface area contributed by atoms with Crippen molar-refractivity contribution in [1.82, 2.24) is 20.4 Å². The summed E-state index contributed by atoms with van der Waals surface area (Å²) in [4.78, 5) is 4.85. The van der Waals surface area contributed by atoms with Gasteiger partial charge in [0.15, 0.2) is 0 Å². The number of rotatable bonds is 8.